The Labute approximate surface area is 99.5 Å². The molecule has 0 radical (unpaired) electrons. The van der Waals surface area contributed by atoms with E-state index >= 15 is 0 Å². The second-order valence-electron chi connectivity index (χ2n) is 3.27. The van der Waals surface area contributed by atoms with E-state index in [1.807, 2.05) is 0 Å². The first kappa shape index (κ1) is 15.3. The number of esters is 2. The van der Waals surface area contributed by atoms with Crippen molar-refractivity contribution in [3.8, 4) is 0 Å². The topological polar surface area (TPSA) is 78.9 Å². The van der Waals surface area contributed by atoms with Crippen LogP contribution in [0.2, 0.25) is 0 Å². The van der Waals surface area contributed by atoms with E-state index in [-0.39, 0.29) is 37.6 Å². The van der Waals surface area contributed by atoms with Gasteiger partial charge in [-0.1, -0.05) is 6.58 Å². The zero-order chi connectivity index (χ0) is 13.3. The van der Waals surface area contributed by atoms with Gasteiger partial charge in [0.05, 0.1) is 13.0 Å². The van der Waals surface area contributed by atoms with Crippen molar-refractivity contribution in [2.24, 2.45) is 0 Å². The summed E-state index contributed by atoms with van der Waals surface area (Å²) in [5.74, 6) is -1.65. The van der Waals surface area contributed by atoms with Crippen molar-refractivity contribution >= 4 is 17.7 Å². The highest BCUT2D eigenvalue weighted by molar-refractivity contribution is 5.94. The van der Waals surface area contributed by atoms with Gasteiger partial charge in [0.2, 0.25) is 0 Å². The second kappa shape index (κ2) is 8.46. The van der Waals surface area contributed by atoms with E-state index in [0.717, 1.165) is 0 Å². The largest absolute Gasteiger partial charge is 0.463 e. The highest BCUT2D eigenvalue weighted by Crippen LogP contribution is 2.03. The van der Waals surface area contributed by atoms with E-state index in [9.17, 15) is 14.4 Å². The zero-order valence-corrected chi connectivity index (χ0v) is 9.99. The third-order valence-corrected chi connectivity index (χ3v) is 1.60. The highest BCUT2D eigenvalue weighted by Gasteiger charge is 2.14. The van der Waals surface area contributed by atoms with Gasteiger partial charge in [-0.3, -0.25) is 9.59 Å². The van der Waals surface area contributed by atoms with Gasteiger partial charge < -0.3 is 14.2 Å². The molecule has 0 spiro atoms. The molecule has 6 nitrogen and oxygen atoms in total. The molecule has 0 heterocycles. The zero-order valence-electron chi connectivity index (χ0n) is 9.99. The van der Waals surface area contributed by atoms with Crippen LogP contribution in [0.5, 0.6) is 0 Å². The van der Waals surface area contributed by atoms with E-state index in [1.165, 1.54) is 14.0 Å². The van der Waals surface area contributed by atoms with E-state index in [1.54, 1.807) is 0 Å². The molecule has 96 valence electrons. The fourth-order valence-corrected chi connectivity index (χ4v) is 0.806. The summed E-state index contributed by atoms with van der Waals surface area (Å²) in [4.78, 5) is 32.9. The maximum Gasteiger partial charge on any atom is 0.334 e. The first-order valence-corrected chi connectivity index (χ1v) is 4.96. The molecule has 0 aromatic carbocycles. The summed E-state index contributed by atoms with van der Waals surface area (Å²) in [5.41, 5.74) is -0.0475. The SMILES string of the molecule is C=C(CC(=O)OCCOC)C(=O)OCC(C)=O. The second-order valence-corrected chi connectivity index (χ2v) is 3.27. The Bertz CT molecular complexity index is 307. The van der Waals surface area contributed by atoms with Crippen LogP contribution < -0.4 is 0 Å². The number of Topliss-reactive ketones (excluding diaryl/α,β-unsaturated/α-hetero) is 1. The number of carbonyl (C=O) groups excluding carboxylic acids is 3. The molecule has 0 fully saturated rings. The number of rotatable bonds is 8. The van der Waals surface area contributed by atoms with Crippen LogP contribution in [0.25, 0.3) is 0 Å². The Morgan fingerprint density at radius 3 is 2.29 bits per heavy atom. The Balaban J connectivity index is 3.87. The molecule has 0 rings (SSSR count). The molecule has 17 heavy (non-hydrogen) atoms. The average molecular weight is 244 g/mol. The molecule has 0 unspecified atom stereocenters. The molecular weight excluding hydrogens is 228 g/mol. The van der Waals surface area contributed by atoms with Crippen LogP contribution >= 0.6 is 0 Å². The van der Waals surface area contributed by atoms with E-state index in [4.69, 9.17) is 4.74 Å². The quantitative estimate of drug-likeness (QED) is 0.346. The van der Waals surface area contributed by atoms with Crippen LogP contribution in [0.4, 0.5) is 0 Å². The maximum atomic E-state index is 11.2. The Morgan fingerprint density at radius 2 is 1.76 bits per heavy atom. The first-order chi connectivity index (χ1) is 7.97. The molecule has 0 bridgehead atoms. The molecule has 6 heteroatoms. The first-order valence-electron chi connectivity index (χ1n) is 4.96. The molecular formula is C11H16O6. The minimum absolute atomic E-state index is 0.0475. The van der Waals surface area contributed by atoms with Crippen molar-refractivity contribution in [1.82, 2.24) is 0 Å². The van der Waals surface area contributed by atoms with Gasteiger partial charge in [0.1, 0.15) is 13.2 Å². The summed E-state index contributed by atoms with van der Waals surface area (Å²) < 4.78 is 14.0. The van der Waals surface area contributed by atoms with Gasteiger partial charge in [0.25, 0.3) is 0 Å². The Kier molecular flexibility index (Phi) is 7.62. The van der Waals surface area contributed by atoms with Gasteiger partial charge in [-0.25, -0.2) is 4.79 Å². The van der Waals surface area contributed by atoms with E-state index in [0.29, 0.717) is 0 Å². The van der Waals surface area contributed by atoms with Crippen LogP contribution in [-0.2, 0) is 28.6 Å². The summed E-state index contributed by atoms with van der Waals surface area (Å²) in [6, 6.07) is 0. The van der Waals surface area contributed by atoms with Crippen LogP contribution in [0.3, 0.4) is 0 Å². The normalized spacial score (nSPS) is 9.53. The van der Waals surface area contributed by atoms with Gasteiger partial charge in [0.15, 0.2) is 5.78 Å². The van der Waals surface area contributed by atoms with Gasteiger partial charge in [-0.15, -0.1) is 0 Å². The maximum absolute atomic E-state index is 11.2. The number of ketones is 1. The van der Waals surface area contributed by atoms with Crippen molar-refractivity contribution in [3.63, 3.8) is 0 Å². The predicted octanol–water partition coefficient (Wildman–Crippen LogP) is 0.254. The molecule has 0 aromatic rings. The van der Waals surface area contributed by atoms with Crippen molar-refractivity contribution in [1.29, 1.82) is 0 Å². The monoisotopic (exact) mass is 244 g/mol. The molecule has 0 saturated carbocycles. The van der Waals surface area contributed by atoms with Gasteiger partial charge in [-0.2, -0.15) is 0 Å². The van der Waals surface area contributed by atoms with Gasteiger partial charge in [-0.05, 0) is 6.92 Å². The van der Waals surface area contributed by atoms with Crippen molar-refractivity contribution in [2.75, 3.05) is 26.9 Å². The Hall–Kier alpha value is -1.69. The van der Waals surface area contributed by atoms with Crippen LogP contribution in [0, 0.1) is 0 Å². The number of hydrogen-bond donors (Lipinski definition) is 0. The summed E-state index contributed by atoms with van der Waals surface area (Å²) in [6.45, 7) is 4.75. The number of hydrogen-bond acceptors (Lipinski definition) is 6. The minimum Gasteiger partial charge on any atom is -0.463 e. The van der Waals surface area contributed by atoms with Crippen LogP contribution in [0.1, 0.15) is 13.3 Å². The molecule has 0 amide bonds. The van der Waals surface area contributed by atoms with E-state index in [2.05, 4.69) is 16.1 Å². The fraction of sp³-hybridized carbons (Fsp3) is 0.545. The third kappa shape index (κ3) is 8.15. The molecule has 0 aromatic heterocycles. The lowest BCUT2D eigenvalue weighted by Crippen LogP contribution is -2.16. The lowest BCUT2D eigenvalue weighted by Gasteiger charge is -2.06. The molecule has 0 aliphatic heterocycles. The molecule has 0 aliphatic carbocycles. The van der Waals surface area contributed by atoms with Crippen molar-refractivity contribution in [3.05, 3.63) is 12.2 Å². The fourth-order valence-electron chi connectivity index (χ4n) is 0.806. The van der Waals surface area contributed by atoms with Gasteiger partial charge >= 0.3 is 11.9 Å². The third-order valence-electron chi connectivity index (χ3n) is 1.60. The number of ether oxygens (including phenoxy) is 3. The van der Waals surface area contributed by atoms with Crippen LogP contribution in [-0.4, -0.2) is 44.7 Å². The highest BCUT2D eigenvalue weighted by atomic mass is 16.6. The predicted molar refractivity (Wildman–Crippen MR) is 58.2 cm³/mol. The standard InChI is InChI=1S/C11H16O6/c1-8(11(14)17-7-9(2)12)6-10(13)16-5-4-15-3/h1,4-7H2,2-3H3. The van der Waals surface area contributed by atoms with Crippen molar-refractivity contribution < 1.29 is 28.6 Å². The smallest absolute Gasteiger partial charge is 0.334 e. The number of methoxy groups -OCH3 is 1. The number of carbonyl (C=O) groups is 3. The lowest BCUT2D eigenvalue weighted by atomic mass is 10.2. The summed E-state index contributed by atoms with van der Waals surface area (Å²) >= 11 is 0. The molecule has 0 atom stereocenters. The molecule has 0 N–H and O–H groups in total. The molecule has 0 saturated heterocycles. The Morgan fingerprint density at radius 1 is 1.12 bits per heavy atom. The molecule has 0 aliphatic rings. The summed E-state index contributed by atoms with van der Waals surface area (Å²) in [7, 11) is 1.48. The summed E-state index contributed by atoms with van der Waals surface area (Å²) in [5, 5.41) is 0. The summed E-state index contributed by atoms with van der Waals surface area (Å²) in [6.07, 6.45) is -0.263. The lowest BCUT2D eigenvalue weighted by molar-refractivity contribution is -0.148. The average Bonchev–Trinajstić information content (AvgIpc) is 2.26. The van der Waals surface area contributed by atoms with Crippen molar-refractivity contribution in [2.45, 2.75) is 13.3 Å². The van der Waals surface area contributed by atoms with Gasteiger partial charge in [0, 0.05) is 12.7 Å². The van der Waals surface area contributed by atoms with Crippen LogP contribution in [0.15, 0.2) is 12.2 Å². The minimum atomic E-state index is -0.774. The van der Waals surface area contributed by atoms with E-state index < -0.39 is 11.9 Å².